The van der Waals surface area contributed by atoms with Gasteiger partial charge in [-0.2, -0.15) is 8.78 Å². The van der Waals surface area contributed by atoms with Crippen molar-refractivity contribution in [3.05, 3.63) is 95.6 Å². The summed E-state index contributed by atoms with van der Waals surface area (Å²) in [7, 11) is 0. The summed E-state index contributed by atoms with van der Waals surface area (Å²) in [6.45, 7) is 5.42. The SMILES string of the molecule is C=CCCC1CCC(c2ccc(COC(F)(F)C(F)c3ccc(CCC=CC)cc3)cc2)CC1. The molecule has 1 nitrogen and oxygen atoms in total. The lowest BCUT2D eigenvalue weighted by atomic mass is 9.77. The molecule has 1 saturated carbocycles. The zero-order valence-electron chi connectivity index (χ0n) is 20.2. The van der Waals surface area contributed by atoms with Gasteiger partial charge in [0, 0.05) is 0 Å². The molecule has 4 heteroatoms. The van der Waals surface area contributed by atoms with Gasteiger partial charge in [0.05, 0.1) is 6.61 Å². The van der Waals surface area contributed by atoms with Gasteiger partial charge in [-0.1, -0.05) is 66.8 Å². The quantitative estimate of drug-likeness (QED) is 0.281. The molecule has 0 aliphatic heterocycles. The van der Waals surface area contributed by atoms with Crippen LogP contribution in [0.25, 0.3) is 0 Å². The summed E-state index contributed by atoms with van der Waals surface area (Å²) in [5.41, 5.74) is 2.78. The molecular weight excluding hydrogens is 433 g/mol. The van der Waals surface area contributed by atoms with Crippen molar-refractivity contribution < 1.29 is 17.9 Å². The van der Waals surface area contributed by atoms with Crippen LogP contribution in [0, 0.1) is 5.92 Å². The minimum atomic E-state index is -3.89. The minimum absolute atomic E-state index is 0.0705. The minimum Gasteiger partial charge on any atom is -0.313 e. The predicted molar refractivity (Wildman–Crippen MR) is 134 cm³/mol. The van der Waals surface area contributed by atoms with Gasteiger partial charge in [0.1, 0.15) is 0 Å². The second-order valence-electron chi connectivity index (χ2n) is 9.39. The summed E-state index contributed by atoms with van der Waals surface area (Å²) in [4.78, 5) is 0. The summed E-state index contributed by atoms with van der Waals surface area (Å²) in [6.07, 6.45) is 8.32. The van der Waals surface area contributed by atoms with Gasteiger partial charge in [0.25, 0.3) is 0 Å². The molecule has 0 radical (unpaired) electrons. The molecular formula is C30H37F3O. The lowest BCUT2D eigenvalue weighted by Crippen LogP contribution is -2.27. The highest BCUT2D eigenvalue weighted by molar-refractivity contribution is 5.27. The smallest absolute Gasteiger partial charge is 0.313 e. The normalized spacial score (nSPS) is 19.9. The number of aryl methyl sites for hydroxylation is 1. The number of alkyl halides is 3. The molecule has 0 saturated heterocycles. The molecule has 184 valence electrons. The third kappa shape index (κ3) is 7.59. The molecule has 0 amide bonds. The number of allylic oxidation sites excluding steroid dienone is 3. The van der Waals surface area contributed by atoms with Gasteiger partial charge in [-0.25, -0.2) is 4.39 Å². The summed E-state index contributed by atoms with van der Waals surface area (Å²) < 4.78 is 48.2. The molecule has 0 aromatic heterocycles. The number of hydrogen-bond donors (Lipinski definition) is 0. The Labute approximate surface area is 202 Å². The third-order valence-electron chi connectivity index (χ3n) is 6.91. The maximum atomic E-state index is 14.6. The molecule has 0 heterocycles. The Bertz CT molecular complexity index is 894. The van der Waals surface area contributed by atoms with Crippen LogP contribution in [0.3, 0.4) is 0 Å². The van der Waals surface area contributed by atoms with E-state index in [9.17, 15) is 13.2 Å². The Morgan fingerprint density at radius 2 is 1.62 bits per heavy atom. The molecule has 2 aromatic rings. The molecule has 0 spiro atoms. The number of halogens is 3. The number of rotatable bonds is 12. The van der Waals surface area contributed by atoms with Crippen molar-refractivity contribution in [1.29, 1.82) is 0 Å². The maximum Gasteiger partial charge on any atom is 0.391 e. The van der Waals surface area contributed by atoms with Gasteiger partial charge < -0.3 is 4.74 Å². The standard InChI is InChI=1S/C30H37F3O/c1-3-5-7-9-24-12-20-28(21-13-24)29(31)30(32,33)34-22-25-14-18-27(19-15-25)26-16-10-23(11-17-26)8-6-4-2/h3-5,12-15,18-21,23,26,29H,2,6-11,16-17,22H2,1H3. The third-order valence-corrected chi connectivity index (χ3v) is 6.91. The van der Waals surface area contributed by atoms with Gasteiger partial charge in [-0.05, 0) is 92.4 Å². The van der Waals surface area contributed by atoms with Crippen LogP contribution in [0.5, 0.6) is 0 Å². The summed E-state index contributed by atoms with van der Waals surface area (Å²) in [5, 5.41) is 0. The van der Waals surface area contributed by atoms with Crippen molar-refractivity contribution in [3.63, 3.8) is 0 Å². The molecule has 3 rings (SSSR count). The molecule has 0 bridgehead atoms. The van der Waals surface area contributed by atoms with Crippen molar-refractivity contribution in [1.82, 2.24) is 0 Å². The summed E-state index contributed by atoms with van der Waals surface area (Å²) >= 11 is 0. The van der Waals surface area contributed by atoms with Crippen molar-refractivity contribution >= 4 is 0 Å². The summed E-state index contributed by atoms with van der Waals surface area (Å²) in [6, 6.07) is 13.9. The predicted octanol–water partition coefficient (Wildman–Crippen LogP) is 9.26. The van der Waals surface area contributed by atoms with E-state index in [0.29, 0.717) is 11.5 Å². The van der Waals surface area contributed by atoms with Gasteiger partial charge in [-0.3, -0.25) is 0 Å². The Kier molecular flexibility index (Phi) is 10.0. The van der Waals surface area contributed by atoms with Crippen LogP contribution < -0.4 is 0 Å². The topological polar surface area (TPSA) is 9.23 Å². The fourth-order valence-corrected chi connectivity index (χ4v) is 4.74. The Morgan fingerprint density at radius 3 is 2.24 bits per heavy atom. The highest BCUT2D eigenvalue weighted by Crippen LogP contribution is 2.39. The average Bonchev–Trinajstić information content (AvgIpc) is 2.87. The van der Waals surface area contributed by atoms with Gasteiger partial charge >= 0.3 is 6.11 Å². The molecule has 1 atom stereocenters. The first kappa shape index (κ1) is 26.3. The van der Waals surface area contributed by atoms with E-state index >= 15 is 0 Å². The Hall–Kier alpha value is -2.33. The van der Waals surface area contributed by atoms with Crippen molar-refractivity contribution in [2.24, 2.45) is 5.92 Å². The van der Waals surface area contributed by atoms with Crippen LogP contribution in [-0.4, -0.2) is 6.11 Å². The average molecular weight is 471 g/mol. The van der Waals surface area contributed by atoms with E-state index in [4.69, 9.17) is 4.74 Å². The van der Waals surface area contributed by atoms with Crippen molar-refractivity contribution in [2.45, 2.75) is 83.1 Å². The zero-order valence-corrected chi connectivity index (χ0v) is 20.2. The molecule has 34 heavy (non-hydrogen) atoms. The van der Waals surface area contributed by atoms with Crippen LogP contribution >= 0.6 is 0 Å². The van der Waals surface area contributed by atoms with E-state index in [1.54, 1.807) is 12.1 Å². The summed E-state index contributed by atoms with van der Waals surface area (Å²) in [5.74, 6) is 1.31. The molecule has 0 N–H and O–H groups in total. The maximum absolute atomic E-state index is 14.6. The Morgan fingerprint density at radius 1 is 0.971 bits per heavy atom. The first-order chi connectivity index (χ1) is 16.4. The van der Waals surface area contributed by atoms with Gasteiger partial charge in [-0.15, -0.1) is 6.58 Å². The number of hydrogen-bond acceptors (Lipinski definition) is 1. The highest BCUT2D eigenvalue weighted by Gasteiger charge is 2.42. The highest BCUT2D eigenvalue weighted by atomic mass is 19.3. The lowest BCUT2D eigenvalue weighted by molar-refractivity contribution is -0.282. The first-order valence-corrected chi connectivity index (χ1v) is 12.5. The fraction of sp³-hybridized carbons (Fsp3) is 0.467. The number of ether oxygens (including phenoxy) is 1. The second-order valence-corrected chi connectivity index (χ2v) is 9.39. The fourth-order valence-electron chi connectivity index (χ4n) is 4.74. The van der Waals surface area contributed by atoms with Crippen LogP contribution in [0.15, 0.2) is 73.3 Å². The van der Waals surface area contributed by atoms with E-state index in [2.05, 4.69) is 6.58 Å². The monoisotopic (exact) mass is 470 g/mol. The molecule has 1 fully saturated rings. The van der Waals surface area contributed by atoms with Crippen LogP contribution in [0.2, 0.25) is 0 Å². The van der Waals surface area contributed by atoms with Crippen molar-refractivity contribution in [2.75, 3.05) is 0 Å². The molecule has 1 aliphatic carbocycles. The van der Waals surface area contributed by atoms with Crippen molar-refractivity contribution in [3.8, 4) is 0 Å². The second kappa shape index (κ2) is 12.9. The van der Waals surface area contributed by atoms with Crippen LogP contribution in [0.4, 0.5) is 13.2 Å². The molecule has 1 aliphatic rings. The van der Waals surface area contributed by atoms with Gasteiger partial charge in [0.2, 0.25) is 6.17 Å². The van der Waals surface area contributed by atoms with E-state index in [0.717, 1.165) is 43.6 Å². The molecule has 2 aromatic carbocycles. The zero-order chi connectivity index (χ0) is 24.4. The van der Waals surface area contributed by atoms with E-state index in [1.807, 2.05) is 49.4 Å². The molecule has 1 unspecified atom stereocenters. The first-order valence-electron chi connectivity index (χ1n) is 12.5. The van der Waals surface area contributed by atoms with Crippen LogP contribution in [0.1, 0.15) is 86.2 Å². The Balaban J connectivity index is 1.49. The largest absolute Gasteiger partial charge is 0.391 e. The number of benzene rings is 2. The van der Waals surface area contributed by atoms with Gasteiger partial charge in [0.15, 0.2) is 0 Å². The van der Waals surface area contributed by atoms with Crippen LogP contribution in [-0.2, 0) is 17.8 Å². The van der Waals surface area contributed by atoms with E-state index < -0.39 is 12.3 Å². The van der Waals surface area contributed by atoms with E-state index in [-0.39, 0.29) is 12.2 Å². The lowest BCUT2D eigenvalue weighted by Gasteiger charge is -2.28. The van der Waals surface area contributed by atoms with E-state index in [1.165, 1.54) is 37.0 Å².